The second-order valence-electron chi connectivity index (χ2n) is 6.65. The maximum atomic E-state index is 3.53. The lowest BCUT2D eigenvalue weighted by Gasteiger charge is -2.19. The van der Waals surface area contributed by atoms with Gasteiger partial charge in [-0.25, -0.2) is 0 Å². The van der Waals surface area contributed by atoms with Crippen LogP contribution in [0.4, 0.5) is 0 Å². The van der Waals surface area contributed by atoms with E-state index < -0.39 is 0 Å². The Morgan fingerprint density at radius 3 is 2.48 bits per heavy atom. The minimum atomic E-state index is 0.173. The molecule has 0 spiro atoms. The first-order valence-electron chi connectivity index (χ1n) is 7.50. The van der Waals surface area contributed by atoms with Crippen LogP contribution in [0.15, 0.2) is 48.5 Å². The summed E-state index contributed by atoms with van der Waals surface area (Å²) in [5.41, 5.74) is 6.42. The lowest BCUT2D eigenvalue weighted by atomic mass is 9.73. The van der Waals surface area contributed by atoms with E-state index in [1.807, 2.05) is 0 Å². The molecular formula is C19H21BN. The van der Waals surface area contributed by atoms with E-state index >= 15 is 0 Å². The number of aromatic nitrogens is 1. The van der Waals surface area contributed by atoms with Gasteiger partial charge in [0.1, 0.15) is 7.28 Å². The van der Waals surface area contributed by atoms with E-state index in [0.29, 0.717) is 0 Å². The van der Waals surface area contributed by atoms with Crippen LogP contribution in [0.5, 0.6) is 0 Å². The van der Waals surface area contributed by atoms with Gasteiger partial charge in [0.25, 0.3) is 0 Å². The van der Waals surface area contributed by atoms with Crippen molar-refractivity contribution in [1.29, 1.82) is 0 Å². The number of aromatic amines is 1. The molecule has 0 aliphatic carbocycles. The van der Waals surface area contributed by atoms with E-state index in [2.05, 4.69) is 88.4 Å². The number of benzene rings is 2. The van der Waals surface area contributed by atoms with Crippen molar-refractivity contribution in [3.8, 4) is 11.3 Å². The largest absolute Gasteiger partial charge is 0.355 e. The predicted molar refractivity (Wildman–Crippen MR) is 93.7 cm³/mol. The maximum absolute atomic E-state index is 3.53. The molecule has 1 heterocycles. The lowest BCUT2D eigenvalue weighted by Crippen LogP contribution is -2.10. The number of H-pyrrole nitrogens is 1. The van der Waals surface area contributed by atoms with Crippen molar-refractivity contribution in [2.45, 2.75) is 33.0 Å². The van der Waals surface area contributed by atoms with Gasteiger partial charge in [0.15, 0.2) is 0 Å². The highest BCUT2D eigenvalue weighted by Gasteiger charge is 2.14. The molecule has 1 N–H and O–H groups in total. The molecule has 0 saturated heterocycles. The topological polar surface area (TPSA) is 15.8 Å². The Kier molecular flexibility index (Phi) is 3.40. The number of nitrogens with one attached hydrogen (secondary N) is 1. The van der Waals surface area contributed by atoms with E-state index in [1.165, 1.54) is 33.2 Å². The number of rotatable bonds is 2. The third kappa shape index (κ3) is 2.76. The summed E-state index contributed by atoms with van der Waals surface area (Å²) in [6.45, 7) is 8.82. The highest BCUT2D eigenvalue weighted by Crippen LogP contribution is 2.28. The number of hydrogen-bond acceptors (Lipinski definition) is 0. The van der Waals surface area contributed by atoms with E-state index in [0.717, 1.165) is 0 Å². The highest BCUT2D eigenvalue weighted by molar-refractivity contribution is 6.52. The first-order chi connectivity index (χ1) is 9.97. The molecule has 21 heavy (non-hydrogen) atoms. The zero-order valence-electron chi connectivity index (χ0n) is 13.2. The van der Waals surface area contributed by atoms with Crippen LogP contribution in [-0.4, -0.2) is 12.3 Å². The minimum absolute atomic E-state index is 0.173. The van der Waals surface area contributed by atoms with Crippen molar-refractivity contribution in [2.75, 3.05) is 0 Å². The van der Waals surface area contributed by atoms with Gasteiger partial charge in [-0.15, -0.1) is 0 Å². The molecule has 1 aromatic heterocycles. The Balaban J connectivity index is 2.08. The van der Waals surface area contributed by atoms with Gasteiger partial charge in [-0.05, 0) is 40.1 Å². The standard InChI is InChI=1S/C19H21BN/c1-19(2,3)15-7-5-6-13(10-15)18-12-14-11-16(20-4)8-9-17(14)21-18/h5-12,21H,1-4H3. The van der Waals surface area contributed by atoms with Gasteiger partial charge in [0.05, 0.1) is 0 Å². The normalized spacial score (nSPS) is 11.8. The lowest BCUT2D eigenvalue weighted by molar-refractivity contribution is 0.590. The summed E-state index contributed by atoms with van der Waals surface area (Å²) in [6.07, 6.45) is 0. The molecule has 1 radical (unpaired) electrons. The smallest absolute Gasteiger partial charge is 0.148 e. The molecular weight excluding hydrogens is 253 g/mol. The van der Waals surface area contributed by atoms with Crippen molar-refractivity contribution < 1.29 is 0 Å². The van der Waals surface area contributed by atoms with Gasteiger partial charge < -0.3 is 4.98 Å². The monoisotopic (exact) mass is 274 g/mol. The third-order valence-electron chi connectivity index (χ3n) is 4.02. The number of fused-ring (bicyclic) bond motifs is 1. The van der Waals surface area contributed by atoms with Crippen LogP contribution >= 0.6 is 0 Å². The van der Waals surface area contributed by atoms with E-state index in [-0.39, 0.29) is 5.41 Å². The Hall–Kier alpha value is -1.96. The molecule has 0 saturated carbocycles. The van der Waals surface area contributed by atoms with Crippen LogP contribution in [-0.2, 0) is 5.41 Å². The van der Waals surface area contributed by atoms with E-state index in [9.17, 15) is 0 Å². The molecule has 0 aliphatic heterocycles. The van der Waals surface area contributed by atoms with Crippen molar-refractivity contribution in [3.05, 3.63) is 54.1 Å². The highest BCUT2D eigenvalue weighted by atomic mass is 14.7. The van der Waals surface area contributed by atoms with Crippen LogP contribution in [0, 0.1) is 0 Å². The summed E-state index contributed by atoms with van der Waals surface area (Å²) < 4.78 is 0. The predicted octanol–water partition coefficient (Wildman–Crippen LogP) is 4.51. The SMILES string of the molecule is C[B]c1ccc2[nH]c(-c3cccc(C(C)(C)C)c3)cc2c1. The Morgan fingerprint density at radius 2 is 1.76 bits per heavy atom. The average molecular weight is 274 g/mol. The van der Waals surface area contributed by atoms with Crippen molar-refractivity contribution in [1.82, 2.24) is 4.98 Å². The molecule has 0 fully saturated rings. The van der Waals surface area contributed by atoms with E-state index in [1.54, 1.807) is 0 Å². The van der Waals surface area contributed by atoms with Crippen molar-refractivity contribution in [3.63, 3.8) is 0 Å². The molecule has 0 atom stereocenters. The quantitative estimate of drug-likeness (QED) is 0.662. The van der Waals surface area contributed by atoms with Crippen LogP contribution < -0.4 is 5.46 Å². The fourth-order valence-corrected chi connectivity index (χ4v) is 2.64. The summed E-state index contributed by atoms with van der Waals surface area (Å²) >= 11 is 0. The van der Waals surface area contributed by atoms with Crippen molar-refractivity contribution in [2.24, 2.45) is 0 Å². The average Bonchev–Trinajstić information content (AvgIpc) is 2.89. The fourth-order valence-electron chi connectivity index (χ4n) is 2.64. The number of hydrogen-bond donors (Lipinski definition) is 1. The molecule has 0 bridgehead atoms. The summed E-state index contributed by atoms with van der Waals surface area (Å²) in [6, 6.07) is 17.6. The zero-order valence-corrected chi connectivity index (χ0v) is 13.2. The van der Waals surface area contributed by atoms with E-state index in [4.69, 9.17) is 0 Å². The van der Waals surface area contributed by atoms with Gasteiger partial charge in [-0.2, -0.15) is 0 Å². The van der Waals surface area contributed by atoms with Crippen LogP contribution in [0.3, 0.4) is 0 Å². The van der Waals surface area contributed by atoms with Crippen LogP contribution in [0.1, 0.15) is 26.3 Å². The van der Waals surface area contributed by atoms with Gasteiger partial charge in [0, 0.05) is 11.2 Å². The first-order valence-corrected chi connectivity index (χ1v) is 7.50. The third-order valence-corrected chi connectivity index (χ3v) is 4.02. The summed E-state index contributed by atoms with van der Waals surface area (Å²) in [7, 11) is 2.13. The second kappa shape index (κ2) is 5.11. The molecule has 2 aromatic carbocycles. The summed E-state index contributed by atoms with van der Waals surface area (Å²) in [5, 5.41) is 1.27. The summed E-state index contributed by atoms with van der Waals surface area (Å²) in [5.74, 6) is 0. The molecule has 0 aliphatic rings. The molecule has 0 amide bonds. The van der Waals surface area contributed by atoms with Crippen molar-refractivity contribution >= 4 is 23.6 Å². The molecule has 105 valence electrons. The second-order valence-corrected chi connectivity index (χ2v) is 6.65. The molecule has 3 rings (SSSR count). The maximum Gasteiger partial charge on any atom is 0.148 e. The Morgan fingerprint density at radius 1 is 0.952 bits per heavy atom. The molecule has 3 aromatic rings. The van der Waals surface area contributed by atoms with Gasteiger partial charge in [-0.3, -0.25) is 0 Å². The first kappa shape index (κ1) is 14.0. The van der Waals surface area contributed by atoms with Gasteiger partial charge >= 0.3 is 0 Å². The van der Waals surface area contributed by atoms with Crippen LogP contribution in [0.2, 0.25) is 6.82 Å². The van der Waals surface area contributed by atoms with Gasteiger partial charge in [-0.1, -0.05) is 63.4 Å². The Bertz CT molecular complexity index is 778. The summed E-state index contributed by atoms with van der Waals surface area (Å²) in [4.78, 5) is 3.53. The zero-order chi connectivity index (χ0) is 15.0. The molecule has 1 nitrogen and oxygen atoms in total. The fraction of sp³-hybridized carbons (Fsp3) is 0.263. The van der Waals surface area contributed by atoms with Gasteiger partial charge in [0.2, 0.25) is 0 Å². The Labute approximate surface area is 127 Å². The molecule has 0 unspecified atom stereocenters. The van der Waals surface area contributed by atoms with Crippen LogP contribution in [0.25, 0.3) is 22.2 Å². The minimum Gasteiger partial charge on any atom is -0.355 e. The molecule has 2 heteroatoms.